The minimum Gasteiger partial charge on any atom is -0.336 e. The molecule has 1 atom stereocenters. The van der Waals surface area contributed by atoms with E-state index in [4.69, 9.17) is 0 Å². The number of piperidine rings is 1. The van der Waals surface area contributed by atoms with Crippen LogP contribution in [-0.2, 0) is 0 Å². The number of hydrogen-bond acceptors (Lipinski definition) is 4. The number of amides is 1. The summed E-state index contributed by atoms with van der Waals surface area (Å²) in [7, 11) is 0. The molecule has 0 radical (unpaired) electrons. The van der Waals surface area contributed by atoms with Gasteiger partial charge in [-0.15, -0.1) is 0 Å². The zero-order chi connectivity index (χ0) is 14.8. The van der Waals surface area contributed by atoms with Crippen LogP contribution in [-0.4, -0.2) is 43.4 Å². The first-order chi connectivity index (χ1) is 10.2. The maximum absolute atomic E-state index is 12.6. The Labute approximate surface area is 123 Å². The van der Waals surface area contributed by atoms with E-state index in [0.717, 1.165) is 30.9 Å². The third kappa shape index (κ3) is 2.66. The van der Waals surface area contributed by atoms with Crippen LogP contribution in [0.15, 0.2) is 24.9 Å². The molecule has 3 heterocycles. The molecule has 1 saturated heterocycles. The summed E-state index contributed by atoms with van der Waals surface area (Å²) in [5.74, 6) is 1.02. The molecule has 21 heavy (non-hydrogen) atoms. The van der Waals surface area contributed by atoms with Crippen molar-refractivity contribution in [1.29, 1.82) is 0 Å². The van der Waals surface area contributed by atoms with E-state index in [9.17, 15) is 4.79 Å². The Hall–Kier alpha value is -2.24. The molecule has 110 valence electrons. The summed E-state index contributed by atoms with van der Waals surface area (Å²) in [6.45, 7) is 5.34. The van der Waals surface area contributed by atoms with Crippen molar-refractivity contribution in [3.63, 3.8) is 0 Å². The van der Waals surface area contributed by atoms with Gasteiger partial charge in [-0.3, -0.25) is 4.79 Å². The second kappa shape index (κ2) is 5.63. The standard InChI is InChI=1S/C15H19N5O/c1-11-14(8-16-10-18-11)15(21)19-6-3-4-13(9-19)20-7-5-17-12(20)2/h5,7-8,10,13H,3-4,6,9H2,1-2H3/t13-/m1/s1. The fourth-order valence-corrected chi connectivity index (χ4v) is 2.91. The second-order valence-corrected chi connectivity index (χ2v) is 5.45. The average molecular weight is 285 g/mol. The number of hydrogen-bond donors (Lipinski definition) is 0. The van der Waals surface area contributed by atoms with Gasteiger partial charge in [-0.05, 0) is 26.7 Å². The van der Waals surface area contributed by atoms with Crippen LogP contribution in [0.3, 0.4) is 0 Å². The van der Waals surface area contributed by atoms with Crippen molar-refractivity contribution in [2.45, 2.75) is 32.7 Å². The molecule has 0 bridgehead atoms. The molecular weight excluding hydrogens is 266 g/mol. The van der Waals surface area contributed by atoms with E-state index in [0.29, 0.717) is 18.2 Å². The molecule has 0 saturated carbocycles. The van der Waals surface area contributed by atoms with Crippen molar-refractivity contribution in [2.24, 2.45) is 0 Å². The number of aryl methyl sites for hydroxylation is 2. The number of likely N-dealkylation sites (tertiary alicyclic amines) is 1. The van der Waals surface area contributed by atoms with Crippen LogP contribution < -0.4 is 0 Å². The first-order valence-corrected chi connectivity index (χ1v) is 7.22. The molecular formula is C15H19N5O. The predicted molar refractivity (Wildman–Crippen MR) is 77.9 cm³/mol. The summed E-state index contributed by atoms with van der Waals surface area (Å²) in [6, 6.07) is 0.301. The van der Waals surface area contributed by atoms with E-state index < -0.39 is 0 Å². The maximum Gasteiger partial charge on any atom is 0.257 e. The van der Waals surface area contributed by atoms with Crippen LogP contribution in [0.2, 0.25) is 0 Å². The molecule has 1 aliphatic heterocycles. The normalized spacial score (nSPS) is 18.8. The quantitative estimate of drug-likeness (QED) is 0.843. The highest BCUT2D eigenvalue weighted by Crippen LogP contribution is 2.24. The third-order valence-corrected chi connectivity index (χ3v) is 4.08. The zero-order valence-corrected chi connectivity index (χ0v) is 12.4. The number of carbonyl (C=O) groups excluding carboxylic acids is 1. The van der Waals surface area contributed by atoms with Gasteiger partial charge in [0, 0.05) is 31.7 Å². The number of imidazole rings is 1. The van der Waals surface area contributed by atoms with Gasteiger partial charge >= 0.3 is 0 Å². The topological polar surface area (TPSA) is 63.9 Å². The number of nitrogens with zero attached hydrogens (tertiary/aromatic N) is 5. The van der Waals surface area contributed by atoms with Crippen LogP contribution in [0.4, 0.5) is 0 Å². The smallest absolute Gasteiger partial charge is 0.257 e. The Bertz CT molecular complexity index is 651. The summed E-state index contributed by atoms with van der Waals surface area (Å²) in [5.41, 5.74) is 1.33. The van der Waals surface area contributed by atoms with Gasteiger partial charge in [-0.2, -0.15) is 0 Å². The number of carbonyl (C=O) groups is 1. The van der Waals surface area contributed by atoms with E-state index in [1.165, 1.54) is 6.33 Å². The molecule has 1 amide bonds. The highest BCUT2D eigenvalue weighted by molar-refractivity contribution is 5.94. The molecule has 0 aromatic carbocycles. The van der Waals surface area contributed by atoms with Gasteiger partial charge in [0.1, 0.15) is 12.2 Å². The molecule has 6 nitrogen and oxygen atoms in total. The summed E-state index contributed by atoms with van der Waals surface area (Å²) in [4.78, 5) is 26.9. The highest BCUT2D eigenvalue weighted by atomic mass is 16.2. The van der Waals surface area contributed by atoms with E-state index in [1.54, 1.807) is 6.20 Å². The van der Waals surface area contributed by atoms with Gasteiger partial charge in [0.15, 0.2) is 0 Å². The Kier molecular flexibility index (Phi) is 3.68. The minimum atomic E-state index is 0.0237. The Morgan fingerprint density at radius 1 is 1.33 bits per heavy atom. The molecule has 1 fully saturated rings. The molecule has 0 spiro atoms. The molecule has 0 N–H and O–H groups in total. The van der Waals surface area contributed by atoms with Crippen molar-refractivity contribution < 1.29 is 4.79 Å². The van der Waals surface area contributed by atoms with Gasteiger partial charge in [-0.1, -0.05) is 0 Å². The second-order valence-electron chi connectivity index (χ2n) is 5.45. The van der Waals surface area contributed by atoms with Gasteiger partial charge in [0.2, 0.25) is 0 Å². The lowest BCUT2D eigenvalue weighted by molar-refractivity contribution is 0.0676. The Balaban J connectivity index is 1.79. The lowest BCUT2D eigenvalue weighted by Gasteiger charge is -2.34. The van der Waals surface area contributed by atoms with Crippen molar-refractivity contribution in [1.82, 2.24) is 24.4 Å². The maximum atomic E-state index is 12.6. The lowest BCUT2D eigenvalue weighted by Crippen LogP contribution is -2.41. The van der Waals surface area contributed by atoms with Crippen molar-refractivity contribution >= 4 is 5.91 Å². The Morgan fingerprint density at radius 2 is 2.19 bits per heavy atom. The SMILES string of the molecule is Cc1ncncc1C(=O)N1CCC[C@@H](n2ccnc2C)C1. The molecule has 0 unspecified atom stereocenters. The number of rotatable bonds is 2. The first-order valence-electron chi connectivity index (χ1n) is 7.22. The van der Waals surface area contributed by atoms with Crippen LogP contribution in [0.1, 0.15) is 40.8 Å². The lowest BCUT2D eigenvalue weighted by atomic mass is 10.0. The third-order valence-electron chi connectivity index (χ3n) is 4.08. The fourth-order valence-electron chi connectivity index (χ4n) is 2.91. The van der Waals surface area contributed by atoms with Crippen LogP contribution in [0.5, 0.6) is 0 Å². The molecule has 1 aliphatic rings. The predicted octanol–water partition coefficient (Wildman–Crippen LogP) is 1.77. The molecule has 2 aromatic heterocycles. The summed E-state index contributed by atoms with van der Waals surface area (Å²) >= 11 is 0. The summed E-state index contributed by atoms with van der Waals surface area (Å²) in [5, 5.41) is 0. The van der Waals surface area contributed by atoms with E-state index >= 15 is 0 Å². The minimum absolute atomic E-state index is 0.0237. The summed E-state index contributed by atoms with van der Waals surface area (Å²) in [6.07, 6.45) is 8.96. The Morgan fingerprint density at radius 3 is 2.90 bits per heavy atom. The molecule has 0 aliphatic carbocycles. The van der Waals surface area contributed by atoms with Gasteiger partial charge in [0.05, 0.1) is 17.3 Å². The van der Waals surface area contributed by atoms with E-state index in [-0.39, 0.29) is 5.91 Å². The number of aromatic nitrogens is 4. The summed E-state index contributed by atoms with van der Waals surface area (Å²) < 4.78 is 2.16. The fraction of sp³-hybridized carbons (Fsp3) is 0.467. The van der Waals surface area contributed by atoms with Crippen molar-refractivity contribution in [3.05, 3.63) is 42.0 Å². The van der Waals surface area contributed by atoms with Crippen molar-refractivity contribution in [3.8, 4) is 0 Å². The van der Waals surface area contributed by atoms with Crippen molar-refractivity contribution in [2.75, 3.05) is 13.1 Å². The van der Waals surface area contributed by atoms with Gasteiger partial charge in [-0.25, -0.2) is 15.0 Å². The monoisotopic (exact) mass is 285 g/mol. The largest absolute Gasteiger partial charge is 0.336 e. The molecule has 6 heteroatoms. The van der Waals surface area contributed by atoms with Crippen LogP contribution in [0.25, 0.3) is 0 Å². The van der Waals surface area contributed by atoms with E-state index in [1.807, 2.05) is 31.1 Å². The average Bonchev–Trinajstić information content (AvgIpc) is 2.93. The van der Waals surface area contributed by atoms with Gasteiger partial charge in [0.25, 0.3) is 5.91 Å². The van der Waals surface area contributed by atoms with Crippen LogP contribution in [0, 0.1) is 13.8 Å². The van der Waals surface area contributed by atoms with Crippen LogP contribution >= 0.6 is 0 Å². The zero-order valence-electron chi connectivity index (χ0n) is 12.4. The van der Waals surface area contributed by atoms with E-state index in [2.05, 4.69) is 19.5 Å². The molecule has 3 rings (SSSR count). The highest BCUT2D eigenvalue weighted by Gasteiger charge is 2.27. The first kappa shape index (κ1) is 13.7. The molecule has 2 aromatic rings. The van der Waals surface area contributed by atoms with Gasteiger partial charge < -0.3 is 9.47 Å².